The highest BCUT2D eigenvalue weighted by molar-refractivity contribution is 5.93. The Morgan fingerprint density at radius 3 is 2.13 bits per heavy atom. The highest BCUT2D eigenvalue weighted by Crippen LogP contribution is 2.06. The molecule has 31 heavy (non-hydrogen) atoms. The zero-order valence-corrected chi connectivity index (χ0v) is 17.0. The van der Waals surface area contributed by atoms with Crippen LogP contribution in [0.1, 0.15) is 24.8 Å². The molecule has 0 bridgehead atoms. The van der Waals surface area contributed by atoms with Crippen LogP contribution in [0.2, 0.25) is 0 Å². The number of carbonyl (C=O) groups is 4. The predicted molar refractivity (Wildman–Crippen MR) is 113 cm³/mol. The number of nitrogens with zero attached hydrogens (tertiary/aromatic N) is 1. The van der Waals surface area contributed by atoms with Gasteiger partial charge in [0, 0.05) is 13.0 Å². The minimum atomic E-state index is -1.52. The van der Waals surface area contributed by atoms with Gasteiger partial charge in [-0.25, -0.2) is 4.79 Å². The highest BCUT2D eigenvalue weighted by Gasteiger charge is 2.29. The minimum absolute atomic E-state index is 0.0680. The van der Waals surface area contributed by atoms with Crippen molar-refractivity contribution < 1.29 is 24.3 Å². The van der Waals surface area contributed by atoms with Gasteiger partial charge >= 0.3 is 5.97 Å². The number of primary amides is 1. The average molecular weight is 435 g/mol. The van der Waals surface area contributed by atoms with E-state index in [1.807, 2.05) is 0 Å². The number of amides is 3. The Kier molecular flexibility index (Phi) is 10.5. The van der Waals surface area contributed by atoms with E-state index < -0.39 is 48.2 Å². The molecule has 0 radical (unpaired) electrons. The summed E-state index contributed by atoms with van der Waals surface area (Å²) >= 11 is 0. The molecule has 1 aromatic rings. The molecule has 0 fully saturated rings. The van der Waals surface area contributed by atoms with E-state index in [2.05, 4.69) is 15.6 Å². The largest absolute Gasteiger partial charge is 0.480 e. The zero-order chi connectivity index (χ0) is 23.4. The SMILES string of the molecule is NC(=O)C[C@H](NC(=O)[C@H](Cc1ccccc1)NC(=O)[C@@H](N)CCCN=C(N)N)C(=O)O. The molecule has 11 N–H and O–H groups in total. The zero-order valence-electron chi connectivity index (χ0n) is 17.0. The quantitative estimate of drug-likeness (QED) is 0.0995. The van der Waals surface area contributed by atoms with Gasteiger partial charge in [-0.2, -0.15) is 0 Å². The van der Waals surface area contributed by atoms with Crippen LogP contribution in [0.25, 0.3) is 0 Å². The molecule has 0 aliphatic heterocycles. The van der Waals surface area contributed by atoms with Crippen LogP contribution >= 0.6 is 0 Å². The van der Waals surface area contributed by atoms with Crippen LogP contribution in [0.4, 0.5) is 0 Å². The lowest BCUT2D eigenvalue weighted by Crippen LogP contribution is -2.55. The number of aliphatic carboxylic acids is 1. The average Bonchev–Trinajstić information content (AvgIpc) is 2.70. The van der Waals surface area contributed by atoms with Crippen molar-refractivity contribution >= 4 is 29.7 Å². The van der Waals surface area contributed by atoms with Gasteiger partial charge in [-0.05, 0) is 18.4 Å². The summed E-state index contributed by atoms with van der Waals surface area (Å²) in [4.78, 5) is 51.4. The number of carbonyl (C=O) groups excluding carboxylic acids is 3. The van der Waals surface area contributed by atoms with Crippen LogP contribution in [-0.2, 0) is 25.6 Å². The summed E-state index contributed by atoms with van der Waals surface area (Å²) in [6.45, 7) is 0.296. The van der Waals surface area contributed by atoms with Crippen LogP contribution in [0.15, 0.2) is 35.3 Å². The van der Waals surface area contributed by atoms with Gasteiger partial charge < -0.3 is 38.7 Å². The minimum Gasteiger partial charge on any atom is -0.480 e. The van der Waals surface area contributed by atoms with Crippen LogP contribution < -0.4 is 33.6 Å². The standard InChI is InChI=1S/C19H29N7O5/c20-12(7-4-8-24-19(22)23)16(28)25-13(9-11-5-2-1-3-6-11)17(29)26-14(18(30)31)10-15(21)27/h1-3,5-6,12-14H,4,7-10,20H2,(H2,21,27)(H,25,28)(H,26,29)(H,30,31)(H4,22,23,24)/t12-,13-,14-/m0/s1. The van der Waals surface area contributed by atoms with Crippen LogP contribution in [-0.4, -0.2) is 59.4 Å². The summed E-state index contributed by atoms with van der Waals surface area (Å²) in [7, 11) is 0. The molecule has 0 aromatic heterocycles. The second-order valence-corrected chi connectivity index (χ2v) is 6.88. The molecule has 0 unspecified atom stereocenters. The summed E-state index contributed by atoms with van der Waals surface area (Å²) in [5, 5.41) is 14.0. The number of hydrogen-bond acceptors (Lipinski definition) is 6. The molecule has 0 saturated carbocycles. The number of nitrogens with one attached hydrogen (secondary N) is 2. The first-order valence-corrected chi connectivity index (χ1v) is 9.57. The fourth-order valence-corrected chi connectivity index (χ4v) is 2.66. The predicted octanol–water partition coefficient (Wildman–Crippen LogP) is -2.46. The Balaban J connectivity index is 2.86. The molecule has 12 nitrogen and oxygen atoms in total. The van der Waals surface area contributed by atoms with Gasteiger partial charge in [0.2, 0.25) is 17.7 Å². The number of carboxylic acids is 1. The first kappa shape index (κ1) is 25.4. The molecule has 170 valence electrons. The van der Waals surface area contributed by atoms with Gasteiger partial charge in [0.05, 0.1) is 12.5 Å². The third-order valence-electron chi connectivity index (χ3n) is 4.24. The van der Waals surface area contributed by atoms with Crippen LogP contribution in [0.3, 0.4) is 0 Å². The van der Waals surface area contributed by atoms with Crippen molar-refractivity contribution in [1.29, 1.82) is 0 Å². The first-order chi connectivity index (χ1) is 14.6. The second kappa shape index (κ2) is 12.8. The lowest BCUT2D eigenvalue weighted by Gasteiger charge is -2.22. The number of guanidine groups is 1. The Bertz CT molecular complexity index is 796. The van der Waals surface area contributed by atoms with Crippen molar-refractivity contribution in [3.05, 3.63) is 35.9 Å². The molecule has 0 saturated heterocycles. The van der Waals surface area contributed by atoms with E-state index in [4.69, 9.17) is 22.9 Å². The topological polar surface area (TPSA) is 229 Å². The van der Waals surface area contributed by atoms with E-state index in [0.29, 0.717) is 13.0 Å². The maximum absolute atomic E-state index is 12.7. The van der Waals surface area contributed by atoms with Crippen molar-refractivity contribution in [1.82, 2.24) is 10.6 Å². The molecule has 3 amide bonds. The normalized spacial score (nSPS) is 13.3. The maximum Gasteiger partial charge on any atom is 0.326 e. The summed E-state index contributed by atoms with van der Waals surface area (Å²) in [5.74, 6) is -3.75. The smallest absolute Gasteiger partial charge is 0.326 e. The molecule has 0 aliphatic carbocycles. The van der Waals surface area contributed by atoms with E-state index in [9.17, 15) is 24.3 Å². The van der Waals surface area contributed by atoms with E-state index in [-0.39, 0.29) is 18.8 Å². The van der Waals surface area contributed by atoms with Crippen molar-refractivity contribution in [2.75, 3.05) is 6.54 Å². The molecule has 3 atom stereocenters. The number of rotatable bonds is 13. The Labute approximate surface area is 179 Å². The third-order valence-corrected chi connectivity index (χ3v) is 4.24. The van der Waals surface area contributed by atoms with E-state index in [1.165, 1.54) is 0 Å². The monoisotopic (exact) mass is 435 g/mol. The number of benzene rings is 1. The van der Waals surface area contributed by atoms with E-state index in [0.717, 1.165) is 5.56 Å². The Morgan fingerprint density at radius 2 is 1.58 bits per heavy atom. The van der Waals surface area contributed by atoms with Gasteiger partial charge in [-0.3, -0.25) is 19.4 Å². The summed E-state index contributed by atoms with van der Waals surface area (Å²) in [6.07, 6.45) is 0.211. The molecule has 0 aliphatic rings. The van der Waals surface area contributed by atoms with Gasteiger partial charge in [0.25, 0.3) is 0 Å². The molecule has 0 heterocycles. The van der Waals surface area contributed by atoms with Crippen molar-refractivity contribution in [2.24, 2.45) is 27.9 Å². The lowest BCUT2D eigenvalue weighted by atomic mass is 10.0. The van der Waals surface area contributed by atoms with Gasteiger partial charge in [0.1, 0.15) is 12.1 Å². The maximum atomic E-state index is 12.7. The van der Waals surface area contributed by atoms with Gasteiger partial charge in [0.15, 0.2) is 5.96 Å². The third kappa shape index (κ3) is 10.1. The molecular formula is C19H29N7O5. The fourth-order valence-electron chi connectivity index (χ4n) is 2.66. The summed E-state index contributed by atoms with van der Waals surface area (Å²) in [5.41, 5.74) is 22.1. The van der Waals surface area contributed by atoms with Crippen LogP contribution in [0.5, 0.6) is 0 Å². The highest BCUT2D eigenvalue weighted by atomic mass is 16.4. The van der Waals surface area contributed by atoms with Crippen LogP contribution in [0, 0.1) is 0 Å². The van der Waals surface area contributed by atoms with Gasteiger partial charge in [-0.15, -0.1) is 0 Å². The van der Waals surface area contributed by atoms with Crippen molar-refractivity contribution in [3.63, 3.8) is 0 Å². The molecular weight excluding hydrogens is 406 g/mol. The second-order valence-electron chi connectivity index (χ2n) is 6.88. The first-order valence-electron chi connectivity index (χ1n) is 9.57. The Morgan fingerprint density at radius 1 is 0.968 bits per heavy atom. The number of carboxylic acid groups (broad SMARTS) is 1. The molecule has 0 spiro atoms. The fraction of sp³-hybridized carbons (Fsp3) is 0.421. The lowest BCUT2D eigenvalue weighted by molar-refractivity contribution is -0.143. The number of hydrogen-bond donors (Lipinski definition) is 7. The number of nitrogens with two attached hydrogens (primary N) is 4. The summed E-state index contributed by atoms with van der Waals surface area (Å²) in [6, 6.07) is 5.24. The molecule has 1 aromatic carbocycles. The number of aliphatic imine (C=N–C) groups is 1. The molecule has 12 heteroatoms. The molecule has 1 rings (SSSR count). The Hall–Kier alpha value is -3.67. The summed E-state index contributed by atoms with van der Waals surface area (Å²) < 4.78 is 0. The van der Waals surface area contributed by atoms with E-state index in [1.54, 1.807) is 30.3 Å². The van der Waals surface area contributed by atoms with E-state index >= 15 is 0 Å². The van der Waals surface area contributed by atoms with Crippen molar-refractivity contribution in [2.45, 2.75) is 43.8 Å². The van der Waals surface area contributed by atoms with Crippen molar-refractivity contribution in [3.8, 4) is 0 Å². The van der Waals surface area contributed by atoms with Gasteiger partial charge in [-0.1, -0.05) is 30.3 Å².